The van der Waals surface area contributed by atoms with Crippen molar-refractivity contribution in [3.8, 4) is 0 Å². The molecule has 0 bridgehead atoms. The monoisotopic (exact) mass is 310 g/mol. The van der Waals surface area contributed by atoms with Crippen molar-refractivity contribution in [2.24, 2.45) is 0 Å². The number of thiophene rings is 1. The Labute approximate surface area is 138 Å². The SMILES string of the molecule is CCC(C)(C)c1ccc2sc3c(C(C)(C)C)cccc3c2c1. The van der Waals surface area contributed by atoms with Crippen molar-refractivity contribution in [3.05, 3.63) is 47.5 Å². The summed E-state index contributed by atoms with van der Waals surface area (Å²) in [5.74, 6) is 0. The summed E-state index contributed by atoms with van der Waals surface area (Å²) < 4.78 is 2.86. The highest BCUT2D eigenvalue weighted by molar-refractivity contribution is 7.26. The van der Waals surface area contributed by atoms with E-state index in [9.17, 15) is 0 Å². The molecule has 0 saturated carbocycles. The smallest absolute Gasteiger partial charge is 0.0392 e. The van der Waals surface area contributed by atoms with Crippen LogP contribution in [0, 0.1) is 0 Å². The Bertz CT molecular complexity index is 828. The van der Waals surface area contributed by atoms with Crippen molar-refractivity contribution in [3.63, 3.8) is 0 Å². The van der Waals surface area contributed by atoms with Gasteiger partial charge in [-0.1, -0.05) is 65.8 Å². The summed E-state index contributed by atoms with van der Waals surface area (Å²) in [4.78, 5) is 0. The fourth-order valence-electron chi connectivity index (χ4n) is 3.01. The first kappa shape index (κ1) is 15.6. The summed E-state index contributed by atoms with van der Waals surface area (Å²) in [6.45, 7) is 13.9. The van der Waals surface area contributed by atoms with Crippen LogP contribution in [-0.4, -0.2) is 0 Å². The summed E-state index contributed by atoms with van der Waals surface area (Å²) in [7, 11) is 0. The Balaban J connectivity index is 2.32. The summed E-state index contributed by atoms with van der Waals surface area (Å²) >= 11 is 1.94. The molecule has 22 heavy (non-hydrogen) atoms. The lowest BCUT2D eigenvalue weighted by Crippen LogP contribution is -2.14. The van der Waals surface area contributed by atoms with Crippen LogP contribution < -0.4 is 0 Å². The lowest BCUT2D eigenvalue weighted by Gasteiger charge is -2.23. The third kappa shape index (κ3) is 2.46. The Kier molecular flexibility index (Phi) is 3.60. The van der Waals surface area contributed by atoms with Gasteiger partial charge in [0.2, 0.25) is 0 Å². The molecule has 0 fully saturated rings. The van der Waals surface area contributed by atoms with Crippen molar-refractivity contribution >= 4 is 31.5 Å². The van der Waals surface area contributed by atoms with Gasteiger partial charge in [-0.25, -0.2) is 0 Å². The standard InChI is InChI=1S/C21H26S/c1-7-21(5,6)14-11-12-18-16(13-14)15-9-8-10-17(19(15)22-18)20(2,3)4/h8-13H,7H2,1-6H3. The van der Waals surface area contributed by atoms with Crippen LogP contribution in [0.1, 0.15) is 59.1 Å². The number of hydrogen-bond donors (Lipinski definition) is 0. The lowest BCUT2D eigenvalue weighted by atomic mass is 9.81. The number of hydrogen-bond acceptors (Lipinski definition) is 1. The minimum absolute atomic E-state index is 0.186. The van der Waals surface area contributed by atoms with Gasteiger partial charge >= 0.3 is 0 Å². The zero-order chi connectivity index (χ0) is 16.1. The molecular weight excluding hydrogens is 284 g/mol. The second kappa shape index (κ2) is 5.09. The van der Waals surface area contributed by atoms with Gasteiger partial charge in [0.1, 0.15) is 0 Å². The predicted octanol–water partition coefficient (Wildman–Crippen LogP) is 7.04. The highest BCUT2D eigenvalue weighted by Gasteiger charge is 2.21. The normalized spacial score (nSPS) is 13.2. The first-order chi connectivity index (χ1) is 10.2. The molecule has 116 valence electrons. The van der Waals surface area contributed by atoms with Gasteiger partial charge in [0.05, 0.1) is 0 Å². The van der Waals surface area contributed by atoms with E-state index >= 15 is 0 Å². The Morgan fingerprint density at radius 3 is 2.27 bits per heavy atom. The van der Waals surface area contributed by atoms with E-state index in [1.165, 1.54) is 31.3 Å². The Morgan fingerprint density at radius 1 is 0.909 bits per heavy atom. The Morgan fingerprint density at radius 2 is 1.64 bits per heavy atom. The third-order valence-electron chi connectivity index (χ3n) is 4.97. The predicted molar refractivity (Wildman–Crippen MR) is 101 cm³/mol. The van der Waals surface area contributed by atoms with E-state index in [4.69, 9.17) is 0 Å². The second-order valence-electron chi connectivity index (χ2n) is 7.98. The highest BCUT2D eigenvalue weighted by Crippen LogP contribution is 2.41. The first-order valence-corrected chi connectivity index (χ1v) is 9.02. The maximum absolute atomic E-state index is 2.42. The van der Waals surface area contributed by atoms with E-state index in [0.29, 0.717) is 0 Å². The Hall–Kier alpha value is -1.34. The van der Waals surface area contributed by atoms with Gasteiger partial charge in [0, 0.05) is 20.2 Å². The molecule has 0 unspecified atom stereocenters. The molecular formula is C21H26S. The van der Waals surface area contributed by atoms with Gasteiger partial charge < -0.3 is 0 Å². The van der Waals surface area contributed by atoms with Gasteiger partial charge in [-0.15, -0.1) is 11.3 Å². The zero-order valence-electron chi connectivity index (χ0n) is 14.6. The van der Waals surface area contributed by atoms with Gasteiger partial charge in [-0.3, -0.25) is 0 Å². The minimum atomic E-state index is 0.186. The summed E-state index contributed by atoms with van der Waals surface area (Å²) in [6.07, 6.45) is 1.16. The maximum Gasteiger partial charge on any atom is 0.0392 e. The van der Waals surface area contributed by atoms with E-state index in [2.05, 4.69) is 77.9 Å². The molecule has 0 aliphatic heterocycles. The molecule has 2 aromatic carbocycles. The van der Waals surface area contributed by atoms with Gasteiger partial charge in [0.25, 0.3) is 0 Å². The molecule has 0 N–H and O–H groups in total. The van der Waals surface area contributed by atoms with E-state index in [1.807, 2.05) is 11.3 Å². The van der Waals surface area contributed by atoms with Crippen molar-refractivity contribution in [1.29, 1.82) is 0 Å². The fraction of sp³-hybridized carbons (Fsp3) is 0.429. The molecule has 0 radical (unpaired) electrons. The molecule has 1 heteroatoms. The molecule has 0 nitrogen and oxygen atoms in total. The van der Waals surface area contributed by atoms with Crippen LogP contribution in [0.15, 0.2) is 36.4 Å². The van der Waals surface area contributed by atoms with Crippen molar-refractivity contribution in [1.82, 2.24) is 0 Å². The van der Waals surface area contributed by atoms with Crippen molar-refractivity contribution in [2.75, 3.05) is 0 Å². The van der Waals surface area contributed by atoms with Gasteiger partial charge in [-0.2, -0.15) is 0 Å². The van der Waals surface area contributed by atoms with E-state index in [-0.39, 0.29) is 10.8 Å². The average Bonchev–Trinajstić information content (AvgIpc) is 2.83. The summed E-state index contributed by atoms with van der Waals surface area (Å²) in [6, 6.07) is 13.8. The maximum atomic E-state index is 2.42. The largest absolute Gasteiger partial charge is 0.135 e. The molecule has 0 aliphatic rings. The molecule has 0 spiro atoms. The van der Waals surface area contributed by atoms with Crippen LogP contribution in [0.5, 0.6) is 0 Å². The quantitative estimate of drug-likeness (QED) is 0.476. The number of fused-ring (bicyclic) bond motifs is 3. The van der Waals surface area contributed by atoms with Crippen LogP contribution in [0.3, 0.4) is 0 Å². The summed E-state index contributed by atoms with van der Waals surface area (Å²) in [5, 5.41) is 2.84. The van der Waals surface area contributed by atoms with Crippen LogP contribution in [0.2, 0.25) is 0 Å². The summed E-state index contributed by atoms with van der Waals surface area (Å²) in [5.41, 5.74) is 3.33. The first-order valence-electron chi connectivity index (χ1n) is 8.20. The van der Waals surface area contributed by atoms with Gasteiger partial charge in [-0.05, 0) is 40.5 Å². The lowest BCUT2D eigenvalue weighted by molar-refractivity contribution is 0.507. The zero-order valence-corrected chi connectivity index (χ0v) is 15.4. The van der Waals surface area contributed by atoms with E-state index < -0.39 is 0 Å². The van der Waals surface area contributed by atoms with Gasteiger partial charge in [0.15, 0.2) is 0 Å². The molecule has 3 rings (SSSR count). The van der Waals surface area contributed by atoms with Crippen LogP contribution in [0.25, 0.3) is 20.2 Å². The number of rotatable bonds is 2. The molecule has 3 aromatic rings. The van der Waals surface area contributed by atoms with Crippen molar-refractivity contribution < 1.29 is 0 Å². The van der Waals surface area contributed by atoms with Crippen LogP contribution in [-0.2, 0) is 10.8 Å². The molecule has 0 atom stereocenters. The van der Waals surface area contributed by atoms with E-state index in [1.54, 1.807) is 0 Å². The average molecular weight is 311 g/mol. The minimum Gasteiger partial charge on any atom is -0.135 e. The van der Waals surface area contributed by atoms with Crippen LogP contribution in [0.4, 0.5) is 0 Å². The molecule has 0 amide bonds. The highest BCUT2D eigenvalue weighted by atomic mass is 32.1. The fourth-order valence-corrected chi connectivity index (χ4v) is 4.42. The molecule has 1 aromatic heterocycles. The third-order valence-corrected chi connectivity index (χ3v) is 6.19. The topological polar surface area (TPSA) is 0 Å². The number of benzene rings is 2. The molecule has 0 saturated heterocycles. The second-order valence-corrected chi connectivity index (χ2v) is 9.03. The van der Waals surface area contributed by atoms with E-state index in [0.717, 1.165) is 6.42 Å². The van der Waals surface area contributed by atoms with Crippen molar-refractivity contribution in [2.45, 2.75) is 58.8 Å². The molecule has 0 aliphatic carbocycles. The molecule has 1 heterocycles. The van der Waals surface area contributed by atoms with Crippen LogP contribution >= 0.6 is 11.3 Å².